The van der Waals surface area contributed by atoms with E-state index in [9.17, 15) is 0 Å². The van der Waals surface area contributed by atoms with Crippen LogP contribution < -0.4 is 10.6 Å². The number of aromatic nitrogens is 2. The van der Waals surface area contributed by atoms with Crippen LogP contribution in [0.1, 0.15) is 30.9 Å². The molecule has 5 nitrogen and oxygen atoms in total. The maximum absolute atomic E-state index is 5.77. The van der Waals surface area contributed by atoms with Crippen LogP contribution in [0.4, 0.5) is 5.82 Å². The minimum Gasteiger partial charge on any atom is -0.377 e. The summed E-state index contributed by atoms with van der Waals surface area (Å²) in [6.45, 7) is 2.86. The van der Waals surface area contributed by atoms with Crippen molar-refractivity contribution in [1.29, 1.82) is 0 Å². The molecule has 0 aromatic carbocycles. The fraction of sp³-hybridized carbons (Fsp3) is 0.692. The number of hydrogen-bond acceptors (Lipinski definition) is 5. The predicted molar refractivity (Wildman–Crippen MR) is 69.6 cm³/mol. The predicted octanol–water partition coefficient (Wildman–Crippen LogP) is 0.908. The molecule has 2 heterocycles. The third-order valence-corrected chi connectivity index (χ3v) is 3.99. The molecule has 0 spiro atoms. The molecule has 1 unspecified atom stereocenters. The zero-order valence-corrected chi connectivity index (χ0v) is 10.6. The van der Waals surface area contributed by atoms with Crippen LogP contribution in [0.5, 0.6) is 0 Å². The van der Waals surface area contributed by atoms with E-state index in [-0.39, 0.29) is 6.04 Å². The van der Waals surface area contributed by atoms with Crippen LogP contribution in [0.2, 0.25) is 0 Å². The van der Waals surface area contributed by atoms with Crippen LogP contribution in [-0.4, -0.2) is 42.5 Å². The Kier molecular flexibility index (Phi) is 3.43. The Balaban J connectivity index is 1.74. The standard InChI is InChI=1S/C13H20N4O/c14-8-11-9-18-7-6-17(11)13-5-4-12(15-16-13)10-2-1-3-10/h4-5,10-11H,1-3,6-9,14H2. The molecule has 1 aliphatic carbocycles. The molecular weight excluding hydrogens is 228 g/mol. The second-order valence-electron chi connectivity index (χ2n) is 5.10. The van der Waals surface area contributed by atoms with Gasteiger partial charge in [0.05, 0.1) is 24.9 Å². The summed E-state index contributed by atoms with van der Waals surface area (Å²) >= 11 is 0. The second kappa shape index (κ2) is 5.20. The average molecular weight is 248 g/mol. The van der Waals surface area contributed by atoms with Gasteiger partial charge in [0.2, 0.25) is 0 Å². The van der Waals surface area contributed by atoms with Crippen molar-refractivity contribution < 1.29 is 4.74 Å². The van der Waals surface area contributed by atoms with E-state index in [1.165, 1.54) is 19.3 Å². The molecule has 1 atom stereocenters. The molecule has 2 aliphatic rings. The molecule has 2 fully saturated rings. The first-order chi connectivity index (χ1) is 8.88. The molecule has 0 amide bonds. The van der Waals surface area contributed by atoms with Gasteiger partial charge < -0.3 is 15.4 Å². The Morgan fingerprint density at radius 2 is 2.22 bits per heavy atom. The maximum Gasteiger partial charge on any atom is 0.151 e. The van der Waals surface area contributed by atoms with Gasteiger partial charge >= 0.3 is 0 Å². The molecule has 5 heteroatoms. The van der Waals surface area contributed by atoms with Crippen molar-refractivity contribution in [2.75, 3.05) is 31.2 Å². The van der Waals surface area contributed by atoms with E-state index in [0.29, 0.717) is 19.1 Å². The second-order valence-corrected chi connectivity index (χ2v) is 5.10. The zero-order chi connectivity index (χ0) is 12.4. The maximum atomic E-state index is 5.77. The van der Waals surface area contributed by atoms with E-state index in [4.69, 9.17) is 10.5 Å². The van der Waals surface area contributed by atoms with Crippen molar-refractivity contribution in [2.24, 2.45) is 5.73 Å². The van der Waals surface area contributed by atoms with E-state index in [1.807, 2.05) is 0 Å². The first-order valence-corrected chi connectivity index (χ1v) is 6.76. The van der Waals surface area contributed by atoms with E-state index in [1.54, 1.807) is 0 Å². The molecule has 1 aromatic rings. The van der Waals surface area contributed by atoms with E-state index < -0.39 is 0 Å². The first kappa shape index (κ1) is 11.9. The number of rotatable bonds is 3. The van der Waals surface area contributed by atoms with Crippen LogP contribution in [-0.2, 0) is 4.74 Å². The van der Waals surface area contributed by atoms with Crippen LogP contribution in [0.15, 0.2) is 12.1 Å². The van der Waals surface area contributed by atoms with Crippen molar-refractivity contribution in [3.05, 3.63) is 17.8 Å². The average Bonchev–Trinajstić information content (AvgIpc) is 2.38. The van der Waals surface area contributed by atoms with Crippen molar-refractivity contribution in [3.63, 3.8) is 0 Å². The molecule has 18 heavy (non-hydrogen) atoms. The molecule has 0 radical (unpaired) electrons. The Morgan fingerprint density at radius 3 is 2.83 bits per heavy atom. The van der Waals surface area contributed by atoms with Crippen LogP contribution in [0, 0.1) is 0 Å². The summed E-state index contributed by atoms with van der Waals surface area (Å²) < 4.78 is 5.44. The fourth-order valence-electron chi connectivity index (χ4n) is 2.56. The van der Waals surface area contributed by atoms with Crippen LogP contribution >= 0.6 is 0 Å². The highest BCUT2D eigenvalue weighted by Gasteiger charge is 2.25. The summed E-state index contributed by atoms with van der Waals surface area (Å²) in [5.41, 5.74) is 6.91. The van der Waals surface area contributed by atoms with Crippen LogP contribution in [0.3, 0.4) is 0 Å². The van der Waals surface area contributed by atoms with Gasteiger partial charge in [-0.15, -0.1) is 5.10 Å². The van der Waals surface area contributed by atoms with Gasteiger partial charge in [-0.25, -0.2) is 0 Å². The number of morpholine rings is 1. The van der Waals surface area contributed by atoms with E-state index in [2.05, 4.69) is 27.2 Å². The summed E-state index contributed by atoms with van der Waals surface area (Å²) in [7, 11) is 0. The van der Waals surface area contributed by atoms with Gasteiger partial charge in [0.1, 0.15) is 0 Å². The van der Waals surface area contributed by atoms with E-state index >= 15 is 0 Å². The molecule has 0 bridgehead atoms. The number of nitrogens with zero attached hydrogens (tertiary/aromatic N) is 3. The van der Waals surface area contributed by atoms with Gasteiger partial charge in [0, 0.05) is 19.0 Å². The Morgan fingerprint density at radius 1 is 1.33 bits per heavy atom. The summed E-state index contributed by atoms with van der Waals surface area (Å²) in [5.74, 6) is 1.57. The van der Waals surface area contributed by atoms with E-state index in [0.717, 1.165) is 24.7 Å². The number of nitrogens with two attached hydrogens (primary N) is 1. The summed E-state index contributed by atoms with van der Waals surface area (Å²) in [6.07, 6.45) is 3.85. The quantitative estimate of drug-likeness (QED) is 0.861. The Labute approximate surface area is 107 Å². The third-order valence-electron chi connectivity index (χ3n) is 3.99. The Hall–Kier alpha value is -1.20. The van der Waals surface area contributed by atoms with Crippen molar-refractivity contribution in [1.82, 2.24) is 10.2 Å². The lowest BCUT2D eigenvalue weighted by Crippen LogP contribution is -2.50. The number of anilines is 1. The molecular formula is C13H20N4O. The Bertz CT molecular complexity index is 390. The van der Waals surface area contributed by atoms with Crippen molar-refractivity contribution >= 4 is 5.82 Å². The minimum atomic E-state index is 0.225. The van der Waals surface area contributed by atoms with Gasteiger partial charge in [-0.05, 0) is 25.0 Å². The van der Waals surface area contributed by atoms with Crippen molar-refractivity contribution in [3.8, 4) is 0 Å². The van der Waals surface area contributed by atoms with Crippen molar-refractivity contribution in [2.45, 2.75) is 31.2 Å². The summed E-state index contributed by atoms with van der Waals surface area (Å²) in [5, 5.41) is 8.74. The normalized spacial score (nSPS) is 24.9. The first-order valence-electron chi connectivity index (χ1n) is 6.76. The van der Waals surface area contributed by atoms with Gasteiger partial charge in [0.25, 0.3) is 0 Å². The highest BCUT2D eigenvalue weighted by Crippen LogP contribution is 2.35. The van der Waals surface area contributed by atoms with Gasteiger partial charge in [-0.3, -0.25) is 0 Å². The lowest BCUT2D eigenvalue weighted by Gasteiger charge is -2.35. The third kappa shape index (κ3) is 2.20. The molecule has 1 saturated heterocycles. The molecule has 2 N–H and O–H groups in total. The number of ether oxygens (including phenoxy) is 1. The van der Waals surface area contributed by atoms with Gasteiger partial charge in [-0.1, -0.05) is 6.42 Å². The smallest absolute Gasteiger partial charge is 0.151 e. The summed E-state index contributed by atoms with van der Waals surface area (Å²) in [6, 6.07) is 4.42. The lowest BCUT2D eigenvalue weighted by atomic mass is 9.83. The highest BCUT2D eigenvalue weighted by atomic mass is 16.5. The zero-order valence-electron chi connectivity index (χ0n) is 10.6. The molecule has 3 rings (SSSR count). The fourth-order valence-corrected chi connectivity index (χ4v) is 2.56. The topological polar surface area (TPSA) is 64.3 Å². The highest BCUT2D eigenvalue weighted by molar-refractivity contribution is 5.40. The SMILES string of the molecule is NCC1COCCN1c1ccc(C2CCC2)nn1. The monoisotopic (exact) mass is 248 g/mol. The lowest BCUT2D eigenvalue weighted by molar-refractivity contribution is 0.0957. The van der Waals surface area contributed by atoms with Gasteiger partial charge in [0.15, 0.2) is 5.82 Å². The molecule has 1 aromatic heterocycles. The van der Waals surface area contributed by atoms with Crippen LogP contribution in [0.25, 0.3) is 0 Å². The number of hydrogen-bond donors (Lipinski definition) is 1. The largest absolute Gasteiger partial charge is 0.377 e. The summed E-state index contributed by atoms with van der Waals surface area (Å²) in [4.78, 5) is 2.21. The van der Waals surface area contributed by atoms with Gasteiger partial charge in [-0.2, -0.15) is 5.10 Å². The molecule has 1 saturated carbocycles. The molecule has 1 aliphatic heterocycles. The minimum absolute atomic E-state index is 0.225. The molecule has 98 valence electrons.